The SMILES string of the molecule is Cc1ccc(C)c(NC(=S)N(CCc2c(C)[nH]c3ccc(F)cc23)Cc2cccnc2)c1. The van der Waals surface area contributed by atoms with Crippen LogP contribution >= 0.6 is 12.2 Å². The van der Waals surface area contributed by atoms with Crippen molar-refractivity contribution in [3.63, 3.8) is 0 Å². The van der Waals surface area contributed by atoms with Crippen molar-refractivity contribution in [2.24, 2.45) is 0 Å². The highest BCUT2D eigenvalue weighted by Crippen LogP contribution is 2.24. The van der Waals surface area contributed by atoms with E-state index in [9.17, 15) is 4.39 Å². The molecule has 0 saturated heterocycles. The Kier molecular flexibility index (Phi) is 6.51. The number of H-pyrrole nitrogens is 1. The second kappa shape index (κ2) is 9.49. The van der Waals surface area contributed by atoms with Gasteiger partial charge in [-0.2, -0.15) is 0 Å². The average Bonchev–Trinajstić information content (AvgIpc) is 3.08. The number of aryl methyl sites for hydroxylation is 3. The molecule has 0 spiro atoms. The molecule has 4 rings (SSSR count). The van der Waals surface area contributed by atoms with E-state index in [-0.39, 0.29) is 5.82 Å². The van der Waals surface area contributed by atoms with Crippen LogP contribution in [0.15, 0.2) is 60.9 Å². The van der Waals surface area contributed by atoms with Crippen molar-refractivity contribution in [1.29, 1.82) is 0 Å². The molecule has 0 atom stereocenters. The number of nitrogens with one attached hydrogen (secondary N) is 2. The van der Waals surface area contributed by atoms with Crippen LogP contribution in [-0.2, 0) is 13.0 Å². The Morgan fingerprint density at radius 1 is 1.12 bits per heavy atom. The van der Waals surface area contributed by atoms with E-state index in [0.717, 1.165) is 45.4 Å². The Labute approximate surface area is 193 Å². The van der Waals surface area contributed by atoms with Gasteiger partial charge in [-0.05, 0) is 92.0 Å². The molecule has 0 saturated carbocycles. The van der Waals surface area contributed by atoms with E-state index in [2.05, 4.69) is 52.2 Å². The van der Waals surface area contributed by atoms with Crippen molar-refractivity contribution in [3.8, 4) is 0 Å². The van der Waals surface area contributed by atoms with E-state index >= 15 is 0 Å². The largest absolute Gasteiger partial charge is 0.358 e. The number of pyridine rings is 1. The van der Waals surface area contributed by atoms with Gasteiger partial charge in [0.2, 0.25) is 0 Å². The predicted molar refractivity (Wildman–Crippen MR) is 133 cm³/mol. The van der Waals surface area contributed by atoms with Gasteiger partial charge in [0.1, 0.15) is 5.82 Å². The van der Waals surface area contributed by atoms with Crippen LogP contribution in [0.1, 0.15) is 27.9 Å². The van der Waals surface area contributed by atoms with Crippen molar-refractivity contribution in [1.82, 2.24) is 14.9 Å². The molecule has 0 amide bonds. The monoisotopic (exact) mass is 446 g/mol. The van der Waals surface area contributed by atoms with Gasteiger partial charge in [0.15, 0.2) is 5.11 Å². The number of fused-ring (bicyclic) bond motifs is 1. The first-order valence-electron chi connectivity index (χ1n) is 10.7. The molecule has 32 heavy (non-hydrogen) atoms. The number of aromatic nitrogens is 2. The fourth-order valence-corrected chi connectivity index (χ4v) is 4.22. The van der Waals surface area contributed by atoms with Gasteiger partial charge in [-0.15, -0.1) is 0 Å². The van der Waals surface area contributed by atoms with Gasteiger partial charge in [-0.1, -0.05) is 18.2 Å². The summed E-state index contributed by atoms with van der Waals surface area (Å²) in [4.78, 5) is 9.76. The standard InChI is InChI=1S/C26H27FN4S/c1-17-6-7-18(2)25(13-17)30-26(32)31(16-20-5-4-11-28-15-20)12-10-22-19(3)29-24-9-8-21(27)14-23(22)24/h4-9,11,13-15,29H,10,12,16H2,1-3H3,(H,30,32). The lowest BCUT2D eigenvalue weighted by Gasteiger charge is -2.27. The molecule has 2 aromatic carbocycles. The summed E-state index contributed by atoms with van der Waals surface area (Å²) in [6.07, 6.45) is 4.37. The number of hydrogen-bond donors (Lipinski definition) is 2. The third-order valence-corrected chi connectivity index (χ3v) is 6.09. The molecular formula is C26H27FN4S. The molecular weight excluding hydrogens is 419 g/mol. The van der Waals surface area contributed by atoms with Crippen LogP contribution in [0, 0.1) is 26.6 Å². The topological polar surface area (TPSA) is 44.0 Å². The molecule has 2 aromatic heterocycles. The quantitative estimate of drug-likeness (QED) is 0.353. The average molecular weight is 447 g/mol. The van der Waals surface area contributed by atoms with Crippen LogP contribution in [-0.4, -0.2) is 26.5 Å². The lowest BCUT2D eigenvalue weighted by atomic mass is 10.1. The van der Waals surface area contributed by atoms with E-state index in [0.29, 0.717) is 18.2 Å². The number of aromatic amines is 1. The van der Waals surface area contributed by atoms with Crippen LogP contribution in [0.3, 0.4) is 0 Å². The third kappa shape index (κ3) is 4.97. The van der Waals surface area contributed by atoms with Crippen LogP contribution in [0.5, 0.6) is 0 Å². The lowest BCUT2D eigenvalue weighted by molar-refractivity contribution is 0.422. The Hall–Kier alpha value is -3.25. The van der Waals surface area contributed by atoms with E-state index in [1.165, 1.54) is 11.6 Å². The molecule has 2 N–H and O–H groups in total. The molecule has 0 unspecified atom stereocenters. The number of hydrogen-bond acceptors (Lipinski definition) is 2. The molecule has 0 bridgehead atoms. The van der Waals surface area contributed by atoms with Crippen molar-refractivity contribution in [2.45, 2.75) is 33.7 Å². The fourth-order valence-electron chi connectivity index (χ4n) is 3.95. The van der Waals surface area contributed by atoms with E-state index < -0.39 is 0 Å². The molecule has 6 heteroatoms. The summed E-state index contributed by atoms with van der Waals surface area (Å²) in [5, 5.41) is 5.02. The minimum Gasteiger partial charge on any atom is -0.358 e. The van der Waals surface area contributed by atoms with E-state index in [1.807, 2.05) is 25.3 Å². The Bertz CT molecular complexity index is 1250. The highest BCUT2D eigenvalue weighted by molar-refractivity contribution is 7.80. The van der Waals surface area contributed by atoms with Crippen LogP contribution in [0.25, 0.3) is 10.9 Å². The van der Waals surface area contributed by atoms with E-state index in [4.69, 9.17) is 12.2 Å². The highest BCUT2D eigenvalue weighted by Gasteiger charge is 2.15. The van der Waals surface area contributed by atoms with Crippen LogP contribution in [0.4, 0.5) is 10.1 Å². The summed E-state index contributed by atoms with van der Waals surface area (Å²) >= 11 is 5.83. The minimum atomic E-state index is -0.225. The molecule has 0 aliphatic heterocycles. The van der Waals surface area contributed by atoms with Crippen molar-refractivity contribution < 1.29 is 4.39 Å². The summed E-state index contributed by atoms with van der Waals surface area (Å²) in [5.41, 5.74) is 7.54. The number of anilines is 1. The number of rotatable bonds is 6. The number of benzene rings is 2. The lowest BCUT2D eigenvalue weighted by Crippen LogP contribution is -2.36. The molecule has 164 valence electrons. The van der Waals surface area contributed by atoms with Gasteiger partial charge >= 0.3 is 0 Å². The second-order valence-electron chi connectivity index (χ2n) is 8.20. The Morgan fingerprint density at radius 2 is 1.97 bits per heavy atom. The van der Waals surface area contributed by atoms with Gasteiger partial charge in [0, 0.05) is 47.8 Å². The second-order valence-corrected chi connectivity index (χ2v) is 8.59. The fraction of sp³-hybridized carbons (Fsp3) is 0.231. The van der Waals surface area contributed by atoms with Crippen molar-refractivity contribution in [3.05, 3.63) is 94.7 Å². The first-order valence-corrected chi connectivity index (χ1v) is 11.1. The van der Waals surface area contributed by atoms with Crippen molar-refractivity contribution in [2.75, 3.05) is 11.9 Å². The number of thiocarbonyl (C=S) groups is 1. The first kappa shape index (κ1) is 22.0. The molecule has 2 heterocycles. The van der Waals surface area contributed by atoms with E-state index in [1.54, 1.807) is 18.3 Å². The summed E-state index contributed by atoms with van der Waals surface area (Å²) in [6.45, 7) is 7.50. The summed E-state index contributed by atoms with van der Waals surface area (Å²) in [6, 6.07) is 15.2. The van der Waals surface area contributed by atoms with Gasteiger partial charge in [0.05, 0.1) is 0 Å². The summed E-state index contributed by atoms with van der Waals surface area (Å²) < 4.78 is 13.9. The van der Waals surface area contributed by atoms with Crippen LogP contribution < -0.4 is 5.32 Å². The van der Waals surface area contributed by atoms with Crippen LogP contribution in [0.2, 0.25) is 0 Å². The molecule has 0 radical (unpaired) electrons. The Morgan fingerprint density at radius 3 is 2.75 bits per heavy atom. The third-order valence-electron chi connectivity index (χ3n) is 5.73. The molecule has 4 nitrogen and oxygen atoms in total. The van der Waals surface area contributed by atoms with Gasteiger partial charge in [0.25, 0.3) is 0 Å². The smallest absolute Gasteiger partial charge is 0.173 e. The minimum absolute atomic E-state index is 0.225. The molecule has 0 aliphatic rings. The normalized spacial score (nSPS) is 11.0. The summed E-state index contributed by atoms with van der Waals surface area (Å²) in [7, 11) is 0. The highest BCUT2D eigenvalue weighted by atomic mass is 32.1. The van der Waals surface area contributed by atoms with Gasteiger partial charge in [-0.3, -0.25) is 4.98 Å². The molecule has 0 aliphatic carbocycles. The zero-order chi connectivity index (χ0) is 22.7. The maximum absolute atomic E-state index is 13.9. The number of nitrogens with zero attached hydrogens (tertiary/aromatic N) is 2. The molecule has 4 aromatic rings. The van der Waals surface area contributed by atoms with Crippen molar-refractivity contribution >= 4 is 33.9 Å². The first-order chi connectivity index (χ1) is 15.4. The Balaban J connectivity index is 1.58. The van der Waals surface area contributed by atoms with Gasteiger partial charge < -0.3 is 15.2 Å². The maximum atomic E-state index is 13.9. The summed E-state index contributed by atoms with van der Waals surface area (Å²) in [5.74, 6) is -0.225. The maximum Gasteiger partial charge on any atom is 0.173 e. The number of halogens is 1. The zero-order valence-electron chi connectivity index (χ0n) is 18.6. The predicted octanol–water partition coefficient (Wildman–Crippen LogP) is 6.07. The zero-order valence-corrected chi connectivity index (χ0v) is 19.4. The molecule has 0 fully saturated rings. The van der Waals surface area contributed by atoms with Gasteiger partial charge in [-0.25, -0.2) is 4.39 Å².